The van der Waals surface area contributed by atoms with E-state index in [2.05, 4.69) is 5.32 Å². The number of methoxy groups -OCH3 is 3. The van der Waals surface area contributed by atoms with Crippen LogP contribution in [0.4, 0.5) is 11.4 Å². The number of para-hydroxylation sites is 2. The molecule has 0 aliphatic rings. The van der Waals surface area contributed by atoms with E-state index in [0.29, 0.717) is 22.9 Å². The molecule has 0 aliphatic heterocycles. The van der Waals surface area contributed by atoms with Crippen molar-refractivity contribution < 1.29 is 27.4 Å². The highest BCUT2D eigenvalue weighted by atomic mass is 32.2. The van der Waals surface area contributed by atoms with Gasteiger partial charge in [0, 0.05) is 6.07 Å². The van der Waals surface area contributed by atoms with Gasteiger partial charge in [0.1, 0.15) is 23.8 Å². The number of carbonyl (C=O) groups is 1. The van der Waals surface area contributed by atoms with Gasteiger partial charge in [-0.15, -0.1) is 0 Å². The number of hydrogen-bond donors (Lipinski definition) is 1. The molecule has 0 saturated heterocycles. The summed E-state index contributed by atoms with van der Waals surface area (Å²) in [6.45, 7) is -0.431. The summed E-state index contributed by atoms with van der Waals surface area (Å²) >= 11 is 0. The molecule has 2 aromatic rings. The number of nitrogens with one attached hydrogen (secondary N) is 1. The fourth-order valence-electron chi connectivity index (χ4n) is 2.45. The van der Waals surface area contributed by atoms with Gasteiger partial charge >= 0.3 is 0 Å². The average molecular weight is 394 g/mol. The quantitative estimate of drug-likeness (QED) is 0.737. The van der Waals surface area contributed by atoms with Gasteiger partial charge in [0.2, 0.25) is 15.9 Å². The lowest BCUT2D eigenvalue weighted by atomic mass is 10.2. The Morgan fingerprint density at radius 3 is 2.26 bits per heavy atom. The summed E-state index contributed by atoms with van der Waals surface area (Å²) in [5, 5.41) is 2.66. The Morgan fingerprint density at radius 1 is 1.00 bits per heavy atom. The van der Waals surface area contributed by atoms with Crippen molar-refractivity contribution in [2.75, 3.05) is 43.8 Å². The molecule has 9 heteroatoms. The molecule has 146 valence electrons. The van der Waals surface area contributed by atoms with E-state index in [0.717, 1.165) is 10.6 Å². The second-order valence-electron chi connectivity index (χ2n) is 5.56. The molecule has 0 saturated carbocycles. The predicted octanol–water partition coefficient (Wildman–Crippen LogP) is 2.12. The Balaban J connectivity index is 2.30. The zero-order valence-electron chi connectivity index (χ0n) is 15.6. The van der Waals surface area contributed by atoms with Crippen LogP contribution < -0.4 is 23.8 Å². The van der Waals surface area contributed by atoms with E-state index < -0.39 is 22.5 Å². The van der Waals surface area contributed by atoms with Crippen molar-refractivity contribution in [3.05, 3.63) is 42.5 Å². The molecule has 0 heterocycles. The van der Waals surface area contributed by atoms with Gasteiger partial charge in [-0.05, 0) is 24.3 Å². The number of nitrogens with zero attached hydrogens (tertiary/aromatic N) is 1. The standard InChI is InChI=1S/C18H22N2O6S/c1-24-13-9-10-16(25-2)14(11-13)19-18(21)12-20(27(4,22)23)15-7-5-6-8-17(15)26-3/h5-11H,12H2,1-4H3,(H,19,21). The first-order chi connectivity index (χ1) is 12.8. The minimum Gasteiger partial charge on any atom is -0.497 e. The van der Waals surface area contributed by atoms with Crippen LogP contribution >= 0.6 is 0 Å². The minimum atomic E-state index is -3.73. The number of anilines is 2. The minimum absolute atomic E-state index is 0.273. The topological polar surface area (TPSA) is 94.2 Å². The van der Waals surface area contributed by atoms with Crippen molar-refractivity contribution in [1.29, 1.82) is 0 Å². The number of ether oxygens (including phenoxy) is 3. The highest BCUT2D eigenvalue weighted by Crippen LogP contribution is 2.31. The lowest BCUT2D eigenvalue weighted by Crippen LogP contribution is -2.37. The fourth-order valence-corrected chi connectivity index (χ4v) is 3.31. The van der Waals surface area contributed by atoms with E-state index in [1.54, 1.807) is 42.5 Å². The highest BCUT2D eigenvalue weighted by molar-refractivity contribution is 7.92. The third-order valence-electron chi connectivity index (χ3n) is 3.72. The predicted molar refractivity (Wildman–Crippen MR) is 103 cm³/mol. The Kier molecular flexibility index (Phi) is 6.51. The molecule has 0 aromatic heterocycles. The lowest BCUT2D eigenvalue weighted by Gasteiger charge is -2.24. The van der Waals surface area contributed by atoms with E-state index in [9.17, 15) is 13.2 Å². The van der Waals surface area contributed by atoms with Crippen molar-refractivity contribution in [2.45, 2.75) is 0 Å². The first-order valence-corrected chi connectivity index (χ1v) is 9.77. The second kappa shape index (κ2) is 8.63. The van der Waals surface area contributed by atoms with Gasteiger partial charge in [-0.2, -0.15) is 0 Å². The molecular formula is C18H22N2O6S. The Bertz CT molecular complexity index is 914. The molecule has 2 rings (SSSR count). The Labute approximate surface area is 158 Å². The Hall–Kier alpha value is -2.94. The van der Waals surface area contributed by atoms with Crippen molar-refractivity contribution >= 4 is 27.3 Å². The average Bonchev–Trinajstić information content (AvgIpc) is 2.65. The van der Waals surface area contributed by atoms with Crippen LogP contribution in [0.2, 0.25) is 0 Å². The molecule has 0 atom stereocenters. The second-order valence-corrected chi connectivity index (χ2v) is 7.46. The molecule has 0 aliphatic carbocycles. The summed E-state index contributed by atoms with van der Waals surface area (Å²) in [5.74, 6) is 0.746. The van der Waals surface area contributed by atoms with Crippen LogP contribution in [-0.2, 0) is 14.8 Å². The number of rotatable bonds is 8. The molecule has 27 heavy (non-hydrogen) atoms. The zero-order valence-corrected chi connectivity index (χ0v) is 16.4. The number of carbonyl (C=O) groups excluding carboxylic acids is 1. The van der Waals surface area contributed by atoms with Crippen molar-refractivity contribution in [2.24, 2.45) is 0 Å². The van der Waals surface area contributed by atoms with Crippen molar-refractivity contribution in [1.82, 2.24) is 0 Å². The SMILES string of the molecule is COc1ccc(OC)c(NC(=O)CN(c2ccccc2OC)S(C)(=O)=O)c1. The molecular weight excluding hydrogens is 372 g/mol. The molecule has 1 N–H and O–H groups in total. The van der Waals surface area contributed by atoms with Crippen LogP contribution in [0, 0.1) is 0 Å². The van der Waals surface area contributed by atoms with Crippen LogP contribution in [0.25, 0.3) is 0 Å². The summed E-state index contributed by atoms with van der Waals surface area (Å²) in [4.78, 5) is 12.6. The first kappa shape index (κ1) is 20.4. The van der Waals surface area contributed by atoms with Crippen LogP contribution in [0.3, 0.4) is 0 Å². The fraction of sp³-hybridized carbons (Fsp3) is 0.278. The number of hydrogen-bond acceptors (Lipinski definition) is 6. The van der Waals surface area contributed by atoms with E-state index in [1.807, 2.05) is 0 Å². The van der Waals surface area contributed by atoms with Crippen LogP contribution in [0.1, 0.15) is 0 Å². The highest BCUT2D eigenvalue weighted by Gasteiger charge is 2.24. The largest absolute Gasteiger partial charge is 0.497 e. The number of sulfonamides is 1. The summed E-state index contributed by atoms with van der Waals surface area (Å²) in [6.07, 6.45) is 1.03. The van der Waals surface area contributed by atoms with Crippen LogP contribution in [0.5, 0.6) is 17.2 Å². The van der Waals surface area contributed by atoms with Crippen molar-refractivity contribution in [3.63, 3.8) is 0 Å². The molecule has 1 amide bonds. The van der Waals surface area contributed by atoms with E-state index in [-0.39, 0.29) is 5.69 Å². The summed E-state index contributed by atoms with van der Waals surface area (Å²) in [7, 11) is 0.669. The summed E-state index contributed by atoms with van der Waals surface area (Å²) in [5.41, 5.74) is 0.644. The molecule has 0 bridgehead atoms. The zero-order chi connectivity index (χ0) is 20.0. The molecule has 8 nitrogen and oxygen atoms in total. The molecule has 0 fully saturated rings. The number of benzene rings is 2. The van der Waals surface area contributed by atoms with E-state index >= 15 is 0 Å². The normalized spacial score (nSPS) is 10.8. The maximum Gasteiger partial charge on any atom is 0.245 e. The molecule has 0 spiro atoms. The summed E-state index contributed by atoms with van der Waals surface area (Å²) in [6, 6.07) is 11.5. The lowest BCUT2D eigenvalue weighted by molar-refractivity contribution is -0.114. The van der Waals surface area contributed by atoms with Gasteiger partial charge in [-0.25, -0.2) is 8.42 Å². The van der Waals surface area contributed by atoms with Gasteiger partial charge in [0.05, 0.1) is 39.0 Å². The van der Waals surface area contributed by atoms with Gasteiger partial charge in [0.15, 0.2) is 0 Å². The van der Waals surface area contributed by atoms with E-state index in [1.165, 1.54) is 21.3 Å². The van der Waals surface area contributed by atoms with E-state index in [4.69, 9.17) is 14.2 Å². The van der Waals surface area contributed by atoms with Gasteiger partial charge in [-0.3, -0.25) is 9.10 Å². The molecule has 2 aromatic carbocycles. The smallest absolute Gasteiger partial charge is 0.245 e. The van der Waals surface area contributed by atoms with Crippen LogP contribution in [0.15, 0.2) is 42.5 Å². The molecule has 0 radical (unpaired) electrons. The Morgan fingerprint density at radius 2 is 1.67 bits per heavy atom. The van der Waals surface area contributed by atoms with Gasteiger partial charge in [0.25, 0.3) is 0 Å². The third-order valence-corrected chi connectivity index (χ3v) is 4.85. The first-order valence-electron chi connectivity index (χ1n) is 7.92. The summed E-state index contributed by atoms with van der Waals surface area (Å²) < 4.78 is 41.1. The molecule has 0 unspecified atom stereocenters. The van der Waals surface area contributed by atoms with Gasteiger partial charge in [-0.1, -0.05) is 12.1 Å². The van der Waals surface area contributed by atoms with Crippen molar-refractivity contribution in [3.8, 4) is 17.2 Å². The maximum atomic E-state index is 12.6. The monoisotopic (exact) mass is 394 g/mol. The third kappa shape index (κ3) is 5.04. The van der Waals surface area contributed by atoms with Gasteiger partial charge < -0.3 is 19.5 Å². The maximum absolute atomic E-state index is 12.6. The number of amides is 1. The van der Waals surface area contributed by atoms with Crippen LogP contribution in [-0.4, -0.2) is 48.5 Å².